The number of benzene rings is 1. The number of ether oxygens (including phenoxy) is 3. The molecule has 0 saturated heterocycles. The standard InChI is InChI=1S/C24H22N4O6/c1-15-10-18(13-31-2)20(11-25)23(27-15)33-14-22(29)28-26-12-19-8-9-21(34-19)16-4-6-17(7-5-16)24(30)32-3/h4-10,12H,13-14H2,1-3H3,(H,28,29)/b26-12-. The van der Waals surface area contributed by atoms with Gasteiger partial charge in [0.15, 0.2) is 6.61 Å². The lowest BCUT2D eigenvalue weighted by atomic mass is 10.1. The molecule has 0 spiro atoms. The molecule has 1 N–H and O–H groups in total. The van der Waals surface area contributed by atoms with Gasteiger partial charge in [0.25, 0.3) is 5.91 Å². The van der Waals surface area contributed by atoms with E-state index in [1.807, 2.05) is 6.07 Å². The van der Waals surface area contributed by atoms with Crippen LogP contribution in [0.15, 0.2) is 52.0 Å². The largest absolute Gasteiger partial charge is 0.467 e. The molecule has 0 aliphatic carbocycles. The Kier molecular flexibility index (Phi) is 8.10. The van der Waals surface area contributed by atoms with E-state index in [9.17, 15) is 14.9 Å². The molecule has 2 aromatic heterocycles. The van der Waals surface area contributed by atoms with Gasteiger partial charge in [0.2, 0.25) is 5.88 Å². The third-order valence-corrected chi connectivity index (χ3v) is 4.55. The number of amides is 1. The van der Waals surface area contributed by atoms with Crippen LogP contribution in [0.1, 0.15) is 32.9 Å². The van der Waals surface area contributed by atoms with E-state index in [0.29, 0.717) is 28.3 Å². The van der Waals surface area contributed by atoms with Crippen molar-refractivity contribution in [2.75, 3.05) is 20.8 Å². The summed E-state index contributed by atoms with van der Waals surface area (Å²) < 4.78 is 20.9. The molecule has 0 fully saturated rings. The van der Waals surface area contributed by atoms with Crippen molar-refractivity contribution in [3.8, 4) is 23.3 Å². The van der Waals surface area contributed by atoms with Gasteiger partial charge in [0.05, 0.1) is 25.5 Å². The van der Waals surface area contributed by atoms with Crippen molar-refractivity contribution in [1.82, 2.24) is 10.4 Å². The SMILES string of the molecule is COCc1cc(C)nc(OCC(=O)N/N=C\c2ccc(-c3ccc(C(=O)OC)cc3)o2)c1C#N. The van der Waals surface area contributed by atoms with Gasteiger partial charge in [-0.2, -0.15) is 10.4 Å². The molecular formula is C24H22N4O6. The maximum Gasteiger partial charge on any atom is 0.337 e. The number of nitriles is 1. The molecule has 34 heavy (non-hydrogen) atoms. The maximum absolute atomic E-state index is 12.1. The molecule has 10 nitrogen and oxygen atoms in total. The van der Waals surface area contributed by atoms with Gasteiger partial charge in [-0.1, -0.05) is 12.1 Å². The Morgan fingerprint density at radius 2 is 1.97 bits per heavy atom. The van der Waals surface area contributed by atoms with E-state index in [2.05, 4.69) is 20.2 Å². The van der Waals surface area contributed by atoms with Crippen molar-refractivity contribution in [1.29, 1.82) is 5.26 Å². The molecule has 0 atom stereocenters. The normalized spacial score (nSPS) is 10.6. The lowest BCUT2D eigenvalue weighted by molar-refractivity contribution is -0.123. The number of furan rings is 1. The van der Waals surface area contributed by atoms with Gasteiger partial charge in [-0.25, -0.2) is 15.2 Å². The molecule has 0 bridgehead atoms. The molecular weight excluding hydrogens is 440 g/mol. The fraction of sp³-hybridized carbons (Fsp3) is 0.208. The number of aromatic nitrogens is 1. The summed E-state index contributed by atoms with van der Waals surface area (Å²) in [6.07, 6.45) is 1.34. The fourth-order valence-electron chi connectivity index (χ4n) is 3.00. The summed E-state index contributed by atoms with van der Waals surface area (Å²) in [4.78, 5) is 27.8. The zero-order chi connectivity index (χ0) is 24.5. The Morgan fingerprint density at radius 3 is 2.65 bits per heavy atom. The van der Waals surface area contributed by atoms with Crippen molar-refractivity contribution < 1.29 is 28.2 Å². The highest BCUT2D eigenvalue weighted by molar-refractivity contribution is 5.90. The van der Waals surface area contributed by atoms with Crippen molar-refractivity contribution in [2.24, 2.45) is 5.10 Å². The zero-order valence-corrected chi connectivity index (χ0v) is 18.8. The first-order chi connectivity index (χ1) is 16.4. The van der Waals surface area contributed by atoms with E-state index in [-0.39, 0.29) is 24.7 Å². The van der Waals surface area contributed by atoms with Crippen LogP contribution < -0.4 is 10.2 Å². The summed E-state index contributed by atoms with van der Waals surface area (Å²) >= 11 is 0. The highest BCUT2D eigenvalue weighted by Gasteiger charge is 2.14. The molecule has 0 aliphatic rings. The second-order valence-electron chi connectivity index (χ2n) is 7.00. The number of nitrogens with one attached hydrogen (secondary N) is 1. The van der Waals surface area contributed by atoms with Gasteiger partial charge in [-0.15, -0.1) is 0 Å². The second-order valence-corrected chi connectivity index (χ2v) is 7.00. The molecule has 1 amide bonds. The van der Waals surface area contributed by atoms with Gasteiger partial charge in [-0.3, -0.25) is 4.79 Å². The molecule has 0 aliphatic heterocycles. The lowest BCUT2D eigenvalue weighted by Gasteiger charge is -2.10. The number of hydrogen-bond donors (Lipinski definition) is 1. The van der Waals surface area contributed by atoms with Gasteiger partial charge >= 0.3 is 5.97 Å². The Labute approximate surface area is 195 Å². The van der Waals surface area contributed by atoms with Crippen LogP contribution in [0.3, 0.4) is 0 Å². The number of esters is 1. The average Bonchev–Trinajstić information content (AvgIpc) is 3.31. The number of carbonyl (C=O) groups is 2. The highest BCUT2D eigenvalue weighted by Crippen LogP contribution is 2.23. The van der Waals surface area contributed by atoms with E-state index < -0.39 is 11.9 Å². The third-order valence-electron chi connectivity index (χ3n) is 4.55. The Balaban J connectivity index is 1.57. The lowest BCUT2D eigenvalue weighted by Crippen LogP contribution is -2.25. The Morgan fingerprint density at radius 1 is 1.21 bits per heavy atom. The minimum Gasteiger partial charge on any atom is -0.467 e. The van der Waals surface area contributed by atoms with E-state index in [4.69, 9.17) is 13.9 Å². The quantitative estimate of drug-likeness (QED) is 0.291. The molecule has 0 radical (unpaired) electrons. The predicted molar refractivity (Wildman–Crippen MR) is 121 cm³/mol. The summed E-state index contributed by atoms with van der Waals surface area (Å²) in [7, 11) is 2.84. The Bertz CT molecular complexity index is 1240. The van der Waals surface area contributed by atoms with Crippen LogP contribution in [-0.4, -0.2) is 43.9 Å². The monoisotopic (exact) mass is 462 g/mol. The molecule has 0 unspecified atom stereocenters. The fourth-order valence-corrected chi connectivity index (χ4v) is 3.00. The van der Waals surface area contributed by atoms with Crippen LogP contribution >= 0.6 is 0 Å². The predicted octanol–water partition coefficient (Wildman–Crippen LogP) is 2.98. The van der Waals surface area contributed by atoms with Gasteiger partial charge in [-0.05, 0) is 37.3 Å². The first kappa shape index (κ1) is 24.2. The van der Waals surface area contributed by atoms with Crippen LogP contribution in [0.5, 0.6) is 5.88 Å². The average molecular weight is 462 g/mol. The smallest absolute Gasteiger partial charge is 0.337 e. The first-order valence-corrected chi connectivity index (χ1v) is 10.1. The second kappa shape index (κ2) is 11.4. The van der Waals surface area contributed by atoms with Crippen molar-refractivity contribution >= 4 is 18.1 Å². The number of hydrazone groups is 1. The summed E-state index contributed by atoms with van der Waals surface area (Å²) in [6, 6.07) is 13.9. The first-order valence-electron chi connectivity index (χ1n) is 10.1. The van der Waals surface area contributed by atoms with Crippen molar-refractivity contribution in [3.63, 3.8) is 0 Å². The molecule has 0 saturated carbocycles. The molecule has 3 aromatic rings. The number of carbonyl (C=O) groups excluding carboxylic acids is 2. The highest BCUT2D eigenvalue weighted by atomic mass is 16.5. The van der Waals surface area contributed by atoms with Crippen LogP contribution in [0.4, 0.5) is 0 Å². The van der Waals surface area contributed by atoms with E-state index in [1.54, 1.807) is 49.4 Å². The molecule has 3 rings (SSSR count). The number of nitrogens with zero attached hydrogens (tertiary/aromatic N) is 3. The van der Waals surface area contributed by atoms with Crippen molar-refractivity contribution in [3.05, 3.63) is 70.6 Å². The number of hydrogen-bond acceptors (Lipinski definition) is 9. The number of methoxy groups -OCH3 is 2. The molecule has 1 aromatic carbocycles. The van der Waals surface area contributed by atoms with Crippen LogP contribution in [0.25, 0.3) is 11.3 Å². The molecule has 2 heterocycles. The van der Waals surface area contributed by atoms with Crippen molar-refractivity contribution in [2.45, 2.75) is 13.5 Å². The molecule has 174 valence electrons. The molecule has 10 heteroatoms. The van der Waals surface area contributed by atoms with Crippen LogP contribution in [-0.2, 0) is 20.9 Å². The third kappa shape index (κ3) is 6.05. The summed E-state index contributed by atoms with van der Waals surface area (Å²) in [5.41, 5.74) is 4.99. The van der Waals surface area contributed by atoms with Gasteiger partial charge < -0.3 is 18.6 Å². The summed E-state index contributed by atoms with van der Waals surface area (Å²) in [5.74, 6) is 0.0685. The van der Waals surface area contributed by atoms with E-state index in [0.717, 1.165) is 5.56 Å². The Hall–Kier alpha value is -4.49. The van der Waals surface area contributed by atoms with E-state index in [1.165, 1.54) is 20.4 Å². The topological polar surface area (TPSA) is 136 Å². The summed E-state index contributed by atoms with van der Waals surface area (Å²) in [5, 5.41) is 13.3. The minimum atomic E-state index is -0.540. The number of pyridine rings is 1. The summed E-state index contributed by atoms with van der Waals surface area (Å²) in [6.45, 7) is 1.59. The van der Waals surface area contributed by atoms with Crippen LogP contribution in [0.2, 0.25) is 0 Å². The van der Waals surface area contributed by atoms with E-state index >= 15 is 0 Å². The minimum absolute atomic E-state index is 0.0579. The number of rotatable bonds is 9. The maximum atomic E-state index is 12.1. The zero-order valence-electron chi connectivity index (χ0n) is 18.8. The van der Waals surface area contributed by atoms with Crippen LogP contribution in [0, 0.1) is 18.3 Å². The van der Waals surface area contributed by atoms with Gasteiger partial charge in [0, 0.05) is 23.9 Å². The van der Waals surface area contributed by atoms with Gasteiger partial charge in [0.1, 0.15) is 23.2 Å². The number of aryl methyl sites for hydroxylation is 1.